The third kappa shape index (κ3) is 4.31. The van der Waals surface area contributed by atoms with Gasteiger partial charge in [-0.1, -0.05) is 23.5 Å². The lowest BCUT2D eigenvalue weighted by molar-refractivity contribution is -0.122. The van der Waals surface area contributed by atoms with Gasteiger partial charge in [0.25, 0.3) is 5.91 Å². The zero-order valence-electron chi connectivity index (χ0n) is 15.9. The normalized spacial score (nSPS) is 15.0. The highest BCUT2D eigenvalue weighted by Crippen LogP contribution is 2.31. The molecule has 148 valence electrons. The average molecular weight is 408 g/mol. The van der Waals surface area contributed by atoms with Crippen LogP contribution in [0.2, 0.25) is 0 Å². The number of aromatic nitrogens is 1. The van der Waals surface area contributed by atoms with Crippen LogP contribution in [0, 0.1) is 11.3 Å². The Morgan fingerprint density at radius 3 is 2.90 bits per heavy atom. The average Bonchev–Trinajstić information content (AvgIpc) is 3.18. The fourth-order valence-corrected chi connectivity index (χ4v) is 4.09. The second-order valence-corrected chi connectivity index (χ2v) is 7.64. The molecule has 1 N–H and O–H groups in total. The van der Waals surface area contributed by atoms with Gasteiger partial charge in [-0.15, -0.1) is 0 Å². The summed E-state index contributed by atoms with van der Waals surface area (Å²) in [7, 11) is 0. The van der Waals surface area contributed by atoms with Gasteiger partial charge in [-0.3, -0.25) is 4.79 Å². The number of carbonyl (C=O) groups is 1. The van der Waals surface area contributed by atoms with Crippen LogP contribution in [-0.4, -0.2) is 43.3 Å². The summed E-state index contributed by atoms with van der Waals surface area (Å²) in [5.74, 6) is 0.112. The molecule has 0 bridgehead atoms. The number of fused-ring (bicyclic) bond motifs is 1. The van der Waals surface area contributed by atoms with Gasteiger partial charge in [0.1, 0.15) is 11.8 Å². The van der Waals surface area contributed by atoms with Gasteiger partial charge in [0.15, 0.2) is 11.2 Å². The Morgan fingerprint density at radius 1 is 1.31 bits per heavy atom. The van der Waals surface area contributed by atoms with Crippen molar-refractivity contribution in [3.05, 3.63) is 48.0 Å². The predicted octanol–water partition coefficient (Wildman–Crippen LogP) is 3.41. The van der Waals surface area contributed by atoms with Crippen molar-refractivity contribution in [2.24, 2.45) is 0 Å². The van der Waals surface area contributed by atoms with E-state index in [-0.39, 0.29) is 5.91 Å². The summed E-state index contributed by atoms with van der Waals surface area (Å²) in [4.78, 5) is 19.5. The van der Waals surface area contributed by atoms with Gasteiger partial charge < -0.3 is 19.7 Å². The van der Waals surface area contributed by atoms with E-state index in [2.05, 4.69) is 21.3 Å². The van der Waals surface area contributed by atoms with E-state index in [1.54, 1.807) is 42.5 Å². The van der Waals surface area contributed by atoms with Crippen molar-refractivity contribution in [2.75, 3.05) is 36.5 Å². The number of para-hydroxylation sites is 1. The Kier molecular flexibility index (Phi) is 5.60. The first-order valence-corrected chi connectivity index (χ1v) is 10.2. The maximum atomic E-state index is 12.6. The fourth-order valence-electron chi connectivity index (χ4n) is 3.03. The largest absolute Gasteiger partial charge is 0.480 e. The maximum Gasteiger partial charge on any atom is 0.265 e. The molecule has 1 atom stereocenters. The Bertz CT molecular complexity index is 1070. The summed E-state index contributed by atoms with van der Waals surface area (Å²) >= 11 is 1.60. The van der Waals surface area contributed by atoms with Crippen LogP contribution in [0.25, 0.3) is 10.2 Å². The molecule has 3 aromatic rings. The zero-order valence-corrected chi connectivity index (χ0v) is 16.7. The monoisotopic (exact) mass is 408 g/mol. The molecule has 0 aliphatic carbocycles. The number of hydrogen-bond donors (Lipinski definition) is 1. The quantitative estimate of drug-likeness (QED) is 0.696. The highest BCUT2D eigenvalue weighted by molar-refractivity contribution is 7.22. The van der Waals surface area contributed by atoms with Gasteiger partial charge in [-0.25, -0.2) is 4.98 Å². The Labute approximate surface area is 172 Å². The summed E-state index contributed by atoms with van der Waals surface area (Å²) in [6.45, 7) is 4.75. The van der Waals surface area contributed by atoms with Crippen LogP contribution in [0.3, 0.4) is 0 Å². The molecule has 1 saturated heterocycles. The third-order valence-electron chi connectivity index (χ3n) is 4.61. The molecule has 1 aromatic heterocycles. The number of anilines is 2. The minimum absolute atomic E-state index is 0.282. The highest BCUT2D eigenvalue weighted by atomic mass is 32.1. The van der Waals surface area contributed by atoms with E-state index in [4.69, 9.17) is 14.7 Å². The molecular weight excluding hydrogens is 388 g/mol. The van der Waals surface area contributed by atoms with Gasteiger partial charge in [-0.2, -0.15) is 5.26 Å². The van der Waals surface area contributed by atoms with Crippen molar-refractivity contribution in [2.45, 2.75) is 13.0 Å². The number of carbonyl (C=O) groups excluding carboxylic acids is 1. The second-order valence-electron chi connectivity index (χ2n) is 6.64. The topological polar surface area (TPSA) is 87.5 Å². The molecule has 1 fully saturated rings. The molecule has 2 heterocycles. The van der Waals surface area contributed by atoms with Crippen molar-refractivity contribution in [1.82, 2.24) is 4.98 Å². The van der Waals surface area contributed by atoms with E-state index in [1.807, 2.05) is 18.2 Å². The smallest absolute Gasteiger partial charge is 0.265 e. The molecule has 1 aliphatic rings. The van der Waals surface area contributed by atoms with Crippen LogP contribution in [-0.2, 0) is 9.53 Å². The predicted molar refractivity (Wildman–Crippen MR) is 113 cm³/mol. The number of rotatable bonds is 5. The molecule has 1 amide bonds. The van der Waals surface area contributed by atoms with Crippen LogP contribution in [0.4, 0.5) is 10.8 Å². The van der Waals surface area contributed by atoms with Crippen LogP contribution in [0.5, 0.6) is 5.75 Å². The van der Waals surface area contributed by atoms with Crippen LogP contribution in [0.15, 0.2) is 42.5 Å². The zero-order chi connectivity index (χ0) is 20.2. The molecule has 1 aliphatic heterocycles. The van der Waals surface area contributed by atoms with Gasteiger partial charge in [0.2, 0.25) is 0 Å². The first-order chi connectivity index (χ1) is 14.1. The number of nitrogens with zero attached hydrogens (tertiary/aromatic N) is 3. The molecule has 7 nitrogen and oxygen atoms in total. The molecule has 4 rings (SSSR count). The van der Waals surface area contributed by atoms with E-state index in [9.17, 15) is 4.79 Å². The first-order valence-electron chi connectivity index (χ1n) is 9.34. The Hall–Kier alpha value is -3.15. The highest BCUT2D eigenvalue weighted by Gasteiger charge is 2.18. The van der Waals surface area contributed by atoms with E-state index in [0.717, 1.165) is 28.4 Å². The lowest BCUT2D eigenvalue weighted by Crippen LogP contribution is -2.36. The van der Waals surface area contributed by atoms with Gasteiger partial charge in [0, 0.05) is 18.8 Å². The Morgan fingerprint density at radius 2 is 2.10 bits per heavy atom. The first kappa shape index (κ1) is 19.2. The standard InChI is InChI=1S/C21H20N4O3S/c1-14(28-18-5-3-2-4-15(18)13-22)20(26)23-16-6-7-17-19(12-16)29-21(24-17)25-8-10-27-11-9-25/h2-7,12,14H,8-11H2,1H3,(H,23,26). The van der Waals surface area contributed by atoms with Crippen molar-refractivity contribution in [1.29, 1.82) is 5.26 Å². The summed E-state index contributed by atoms with van der Waals surface area (Å²) in [6, 6.07) is 14.6. The number of benzene rings is 2. The number of hydrogen-bond acceptors (Lipinski definition) is 7. The summed E-state index contributed by atoms with van der Waals surface area (Å²) in [6.07, 6.45) is -0.745. The van der Waals surface area contributed by atoms with Crippen molar-refractivity contribution in [3.8, 4) is 11.8 Å². The molecule has 0 spiro atoms. The summed E-state index contributed by atoms with van der Waals surface area (Å²) in [5, 5.41) is 13.0. The molecule has 0 radical (unpaired) electrons. The minimum Gasteiger partial charge on any atom is -0.480 e. The third-order valence-corrected chi connectivity index (χ3v) is 5.69. The van der Waals surface area contributed by atoms with Crippen LogP contribution >= 0.6 is 11.3 Å². The van der Waals surface area contributed by atoms with E-state index >= 15 is 0 Å². The van der Waals surface area contributed by atoms with E-state index in [0.29, 0.717) is 30.2 Å². The Balaban J connectivity index is 1.45. The minimum atomic E-state index is -0.745. The summed E-state index contributed by atoms with van der Waals surface area (Å²) in [5.41, 5.74) is 1.99. The fraction of sp³-hybridized carbons (Fsp3) is 0.286. The van der Waals surface area contributed by atoms with Gasteiger partial charge in [0.05, 0.1) is 29.0 Å². The van der Waals surface area contributed by atoms with Crippen molar-refractivity contribution >= 4 is 38.3 Å². The van der Waals surface area contributed by atoms with E-state index in [1.165, 1.54) is 0 Å². The van der Waals surface area contributed by atoms with Gasteiger partial charge in [-0.05, 0) is 37.3 Å². The van der Waals surface area contributed by atoms with E-state index < -0.39 is 6.10 Å². The van der Waals surface area contributed by atoms with Crippen molar-refractivity contribution < 1.29 is 14.3 Å². The molecular formula is C21H20N4O3S. The number of nitriles is 1. The molecule has 29 heavy (non-hydrogen) atoms. The van der Waals surface area contributed by atoms with Crippen LogP contribution < -0.4 is 15.0 Å². The maximum absolute atomic E-state index is 12.6. The second kappa shape index (κ2) is 8.47. The number of morpholine rings is 1. The SMILES string of the molecule is CC(Oc1ccccc1C#N)C(=O)Nc1ccc2nc(N3CCOCC3)sc2c1. The lowest BCUT2D eigenvalue weighted by Gasteiger charge is -2.25. The number of nitrogens with one attached hydrogen (secondary N) is 1. The molecule has 0 saturated carbocycles. The lowest BCUT2D eigenvalue weighted by atomic mass is 10.2. The molecule has 2 aromatic carbocycles. The number of amides is 1. The molecule has 8 heteroatoms. The van der Waals surface area contributed by atoms with Crippen molar-refractivity contribution in [3.63, 3.8) is 0 Å². The number of ether oxygens (including phenoxy) is 2. The molecule has 1 unspecified atom stereocenters. The summed E-state index contributed by atoms with van der Waals surface area (Å²) < 4.78 is 12.1. The number of thiazole rings is 1. The van der Waals surface area contributed by atoms with Crippen LogP contribution in [0.1, 0.15) is 12.5 Å². The van der Waals surface area contributed by atoms with Gasteiger partial charge >= 0.3 is 0 Å².